The van der Waals surface area contributed by atoms with Crippen LogP contribution in [0.4, 0.5) is 0 Å². The zero-order valence-corrected chi connectivity index (χ0v) is 14.7. The van der Waals surface area contributed by atoms with Gasteiger partial charge in [0.1, 0.15) is 23.3 Å². The number of carbonyl (C=O) groups is 1. The Morgan fingerprint density at radius 3 is 2.62 bits per heavy atom. The number of para-hydroxylation sites is 1. The molecule has 0 atom stereocenters. The molecule has 3 rings (SSSR count). The number of aromatic nitrogens is 1. The number of rotatable bonds is 6. The molecule has 1 heterocycles. The minimum absolute atomic E-state index is 0.0297. The van der Waals surface area contributed by atoms with Crippen LogP contribution in [0.25, 0.3) is 15.8 Å². The van der Waals surface area contributed by atoms with E-state index in [0.29, 0.717) is 11.4 Å². The van der Waals surface area contributed by atoms with Crippen LogP contribution in [0.3, 0.4) is 0 Å². The van der Waals surface area contributed by atoms with Gasteiger partial charge < -0.3 is 9.84 Å². The molecule has 3 aromatic rings. The predicted octanol–water partition coefficient (Wildman–Crippen LogP) is 4.26. The lowest BCUT2D eigenvalue weighted by Crippen LogP contribution is -2.09. The maximum Gasteiger partial charge on any atom is 0.306 e. The van der Waals surface area contributed by atoms with Crippen LogP contribution in [0.2, 0.25) is 0 Å². The first kappa shape index (κ1) is 17.6. The molecule has 0 aliphatic rings. The smallest absolute Gasteiger partial charge is 0.306 e. The van der Waals surface area contributed by atoms with E-state index in [1.165, 1.54) is 11.3 Å². The molecule has 0 amide bonds. The Morgan fingerprint density at radius 1 is 1.15 bits per heavy atom. The third kappa shape index (κ3) is 4.26. The summed E-state index contributed by atoms with van der Waals surface area (Å²) < 4.78 is 6.00. The van der Waals surface area contributed by atoms with Gasteiger partial charge in [0.15, 0.2) is 5.76 Å². The number of hydrogen-bond donors (Lipinski definition) is 1. The van der Waals surface area contributed by atoms with E-state index in [-0.39, 0.29) is 24.4 Å². The summed E-state index contributed by atoms with van der Waals surface area (Å²) in [6.07, 6.45) is 0.771. The molecule has 0 unspecified atom stereocenters. The first-order valence-corrected chi connectivity index (χ1v) is 8.86. The Kier molecular flexibility index (Phi) is 5.62. The normalized spacial score (nSPS) is 11.7. The van der Waals surface area contributed by atoms with Crippen molar-refractivity contribution < 1.29 is 14.6 Å². The number of hydrogen-bond acceptors (Lipinski definition) is 6. The van der Waals surface area contributed by atoms with Crippen LogP contribution in [0.15, 0.2) is 60.4 Å². The van der Waals surface area contributed by atoms with Gasteiger partial charge in [-0.15, -0.1) is 11.3 Å². The number of allylic oxidation sites excluding steroid dienone is 1. The van der Waals surface area contributed by atoms with Crippen molar-refractivity contribution in [3.63, 3.8) is 0 Å². The van der Waals surface area contributed by atoms with Gasteiger partial charge in [0.2, 0.25) is 0 Å². The van der Waals surface area contributed by atoms with Crippen LogP contribution >= 0.6 is 11.3 Å². The summed E-state index contributed by atoms with van der Waals surface area (Å²) in [5, 5.41) is 19.9. The van der Waals surface area contributed by atoms with Crippen LogP contribution in [-0.4, -0.2) is 22.7 Å². The van der Waals surface area contributed by atoms with E-state index < -0.39 is 5.97 Å². The van der Waals surface area contributed by atoms with Crippen molar-refractivity contribution in [1.29, 1.82) is 5.26 Å². The van der Waals surface area contributed by atoms with Gasteiger partial charge in [-0.1, -0.05) is 42.5 Å². The number of esters is 1. The summed E-state index contributed by atoms with van der Waals surface area (Å²) in [5.74, 6) is -0.721. The molecule has 1 N–H and O–H groups in total. The van der Waals surface area contributed by atoms with Gasteiger partial charge in [0.25, 0.3) is 0 Å². The fraction of sp³-hybridized carbons (Fsp3) is 0.150. The summed E-state index contributed by atoms with van der Waals surface area (Å²) in [7, 11) is 0. The molecule has 0 bridgehead atoms. The van der Waals surface area contributed by atoms with Crippen molar-refractivity contribution in [2.24, 2.45) is 0 Å². The van der Waals surface area contributed by atoms with Crippen LogP contribution < -0.4 is 0 Å². The lowest BCUT2D eigenvalue weighted by atomic mass is 10.1. The van der Waals surface area contributed by atoms with Crippen LogP contribution in [0.1, 0.15) is 17.0 Å². The summed E-state index contributed by atoms with van der Waals surface area (Å²) in [5.41, 5.74) is 1.83. The highest BCUT2D eigenvalue weighted by atomic mass is 32.1. The van der Waals surface area contributed by atoms with Crippen LogP contribution in [-0.2, 0) is 16.0 Å². The zero-order valence-electron chi connectivity index (χ0n) is 13.9. The van der Waals surface area contributed by atoms with Gasteiger partial charge >= 0.3 is 5.97 Å². The quantitative estimate of drug-likeness (QED) is 0.401. The number of carbonyl (C=O) groups excluding carboxylic acids is 1. The van der Waals surface area contributed by atoms with Crippen molar-refractivity contribution in [1.82, 2.24) is 4.98 Å². The van der Waals surface area contributed by atoms with E-state index in [4.69, 9.17) is 4.74 Å². The molecule has 0 aliphatic heterocycles. The average Bonchev–Trinajstić information content (AvgIpc) is 3.09. The molecule has 0 fully saturated rings. The lowest BCUT2D eigenvalue weighted by molar-refractivity contribution is -0.143. The SMILES string of the molecule is N#C/C(=C(/O)COC(=O)CCc1ccccc1)c1nc2ccccc2s1. The Morgan fingerprint density at radius 2 is 1.88 bits per heavy atom. The monoisotopic (exact) mass is 364 g/mol. The second kappa shape index (κ2) is 8.28. The zero-order chi connectivity index (χ0) is 18.4. The average molecular weight is 364 g/mol. The van der Waals surface area contributed by atoms with E-state index >= 15 is 0 Å². The number of nitrogens with zero attached hydrogens (tertiary/aromatic N) is 2. The first-order valence-electron chi connectivity index (χ1n) is 8.05. The van der Waals surface area contributed by atoms with Gasteiger partial charge in [-0.05, 0) is 24.1 Å². The number of thiazole rings is 1. The molecule has 6 heteroatoms. The number of ether oxygens (including phenoxy) is 1. The summed E-state index contributed by atoms with van der Waals surface area (Å²) in [4.78, 5) is 16.2. The maximum absolute atomic E-state index is 11.9. The minimum atomic E-state index is -0.429. The van der Waals surface area contributed by atoms with Crippen molar-refractivity contribution in [3.8, 4) is 6.07 Å². The highest BCUT2D eigenvalue weighted by molar-refractivity contribution is 7.19. The second-order valence-corrected chi connectivity index (χ2v) is 6.60. The summed E-state index contributed by atoms with van der Waals surface area (Å²) in [6, 6.07) is 19.0. The highest BCUT2D eigenvalue weighted by Gasteiger charge is 2.15. The number of nitriles is 1. The second-order valence-electron chi connectivity index (χ2n) is 5.57. The minimum Gasteiger partial charge on any atom is -0.507 e. The first-order chi connectivity index (χ1) is 12.7. The van der Waals surface area contributed by atoms with E-state index in [2.05, 4.69) is 4.98 Å². The molecular weight excluding hydrogens is 348 g/mol. The number of benzene rings is 2. The van der Waals surface area contributed by atoms with Gasteiger partial charge in [-0.3, -0.25) is 4.79 Å². The molecule has 130 valence electrons. The summed E-state index contributed by atoms with van der Waals surface area (Å²) >= 11 is 1.31. The van der Waals surface area contributed by atoms with E-state index in [1.54, 1.807) is 0 Å². The standard InChI is InChI=1S/C20H16N2O3S/c21-12-15(20-22-16-8-4-5-9-18(16)26-20)17(23)13-25-19(24)11-10-14-6-2-1-3-7-14/h1-9,23H,10-11,13H2/b17-15-. The third-order valence-electron chi connectivity index (χ3n) is 3.74. The topological polar surface area (TPSA) is 83.2 Å². The highest BCUT2D eigenvalue weighted by Crippen LogP contribution is 2.28. The Bertz CT molecular complexity index is 954. The van der Waals surface area contributed by atoms with Crippen molar-refractivity contribution in [3.05, 3.63) is 70.9 Å². The van der Waals surface area contributed by atoms with E-state index in [1.807, 2.05) is 60.7 Å². The molecule has 26 heavy (non-hydrogen) atoms. The fourth-order valence-corrected chi connectivity index (χ4v) is 3.38. The van der Waals surface area contributed by atoms with Gasteiger partial charge in [0, 0.05) is 6.42 Å². The molecule has 1 aromatic heterocycles. The van der Waals surface area contributed by atoms with Crippen LogP contribution in [0, 0.1) is 11.3 Å². The molecule has 0 aliphatic carbocycles. The van der Waals surface area contributed by atoms with Crippen LogP contribution in [0.5, 0.6) is 0 Å². The Balaban J connectivity index is 1.63. The van der Waals surface area contributed by atoms with E-state index in [9.17, 15) is 15.2 Å². The molecule has 2 aromatic carbocycles. The third-order valence-corrected chi connectivity index (χ3v) is 4.79. The molecule has 0 spiro atoms. The summed E-state index contributed by atoms with van der Waals surface area (Å²) in [6.45, 7) is -0.341. The van der Waals surface area contributed by atoms with E-state index in [0.717, 1.165) is 15.8 Å². The maximum atomic E-state index is 11.9. The number of aryl methyl sites for hydroxylation is 1. The van der Waals surface area contributed by atoms with Gasteiger partial charge in [0.05, 0.1) is 10.2 Å². The molecule has 0 radical (unpaired) electrons. The van der Waals surface area contributed by atoms with Crippen molar-refractivity contribution in [2.75, 3.05) is 6.61 Å². The van der Waals surface area contributed by atoms with Crippen molar-refractivity contribution in [2.45, 2.75) is 12.8 Å². The largest absolute Gasteiger partial charge is 0.507 e. The van der Waals surface area contributed by atoms with Gasteiger partial charge in [-0.25, -0.2) is 4.98 Å². The number of aliphatic hydroxyl groups excluding tert-OH is 1. The molecule has 0 saturated heterocycles. The van der Waals surface area contributed by atoms with Gasteiger partial charge in [-0.2, -0.15) is 5.26 Å². The molecule has 5 nitrogen and oxygen atoms in total. The number of fused-ring (bicyclic) bond motifs is 1. The Hall–Kier alpha value is -3.17. The number of aliphatic hydroxyl groups is 1. The molecule has 0 saturated carbocycles. The fourth-order valence-electron chi connectivity index (χ4n) is 2.40. The Labute approximate surface area is 154 Å². The lowest BCUT2D eigenvalue weighted by Gasteiger charge is -2.05. The van der Waals surface area contributed by atoms with Crippen molar-refractivity contribution >= 4 is 33.1 Å². The predicted molar refractivity (Wildman–Crippen MR) is 101 cm³/mol. The molecular formula is C20H16N2O3S.